The van der Waals surface area contributed by atoms with Crippen LogP contribution in [-0.4, -0.2) is 23.0 Å². The molecule has 3 N–H and O–H groups in total. The maximum absolute atomic E-state index is 11.9. The molecule has 0 radical (unpaired) electrons. The summed E-state index contributed by atoms with van der Waals surface area (Å²) >= 11 is 0. The van der Waals surface area contributed by atoms with E-state index in [2.05, 4.69) is 10.3 Å². The minimum atomic E-state index is -0.294. The van der Waals surface area contributed by atoms with Crippen molar-refractivity contribution in [1.29, 1.82) is 0 Å². The van der Waals surface area contributed by atoms with Crippen LogP contribution in [0.3, 0.4) is 0 Å². The monoisotopic (exact) mass is 257 g/mol. The van der Waals surface area contributed by atoms with Gasteiger partial charge in [0.1, 0.15) is 5.69 Å². The second-order valence-electron chi connectivity index (χ2n) is 4.54. The van der Waals surface area contributed by atoms with Crippen LogP contribution >= 0.6 is 12.4 Å². The van der Waals surface area contributed by atoms with E-state index in [0.29, 0.717) is 12.2 Å². The first-order valence-corrected chi connectivity index (χ1v) is 5.41. The van der Waals surface area contributed by atoms with Gasteiger partial charge in [-0.2, -0.15) is 0 Å². The predicted molar refractivity (Wildman–Crippen MR) is 71.4 cm³/mol. The number of hydrogen-bond acceptors (Lipinski definition) is 3. The minimum Gasteiger partial charge on any atom is -0.346 e. The van der Waals surface area contributed by atoms with Crippen molar-refractivity contribution in [3.8, 4) is 0 Å². The molecule has 1 heterocycles. The molecule has 4 nitrogen and oxygen atoms in total. The van der Waals surface area contributed by atoms with Crippen molar-refractivity contribution < 1.29 is 4.79 Å². The van der Waals surface area contributed by atoms with Crippen LogP contribution < -0.4 is 11.1 Å². The molecule has 0 aliphatic heterocycles. The van der Waals surface area contributed by atoms with Crippen molar-refractivity contribution in [2.45, 2.75) is 32.7 Å². The summed E-state index contributed by atoms with van der Waals surface area (Å²) in [6, 6.07) is 5.40. The highest BCUT2D eigenvalue weighted by Gasteiger charge is 2.20. The number of carbonyl (C=O) groups excluding carboxylic acids is 1. The Morgan fingerprint density at radius 3 is 2.65 bits per heavy atom. The van der Waals surface area contributed by atoms with Gasteiger partial charge in [0.25, 0.3) is 5.91 Å². The number of pyridine rings is 1. The fourth-order valence-electron chi connectivity index (χ4n) is 1.46. The average molecular weight is 258 g/mol. The number of amides is 1. The minimum absolute atomic E-state index is 0. The second kappa shape index (κ2) is 6.57. The Morgan fingerprint density at radius 2 is 2.12 bits per heavy atom. The maximum Gasteiger partial charge on any atom is 0.270 e. The number of aromatic nitrogens is 1. The van der Waals surface area contributed by atoms with Gasteiger partial charge in [-0.15, -0.1) is 12.4 Å². The lowest BCUT2D eigenvalue weighted by atomic mass is 10.0. The Balaban J connectivity index is 0.00000256. The summed E-state index contributed by atoms with van der Waals surface area (Å²) < 4.78 is 0. The van der Waals surface area contributed by atoms with E-state index in [4.69, 9.17) is 5.73 Å². The molecule has 1 amide bonds. The third kappa shape index (κ3) is 5.15. The molecule has 0 unspecified atom stereocenters. The molecule has 5 heteroatoms. The summed E-state index contributed by atoms with van der Waals surface area (Å²) in [4.78, 5) is 16.0. The van der Waals surface area contributed by atoms with E-state index in [9.17, 15) is 4.79 Å². The van der Waals surface area contributed by atoms with E-state index in [1.807, 2.05) is 32.9 Å². The van der Waals surface area contributed by atoms with Crippen molar-refractivity contribution in [1.82, 2.24) is 10.3 Å². The lowest BCUT2D eigenvalue weighted by Crippen LogP contribution is -2.45. The molecule has 1 aromatic rings. The average Bonchev–Trinajstić information content (AvgIpc) is 2.16. The van der Waals surface area contributed by atoms with Crippen molar-refractivity contribution >= 4 is 18.3 Å². The third-order valence-corrected chi connectivity index (χ3v) is 2.34. The number of nitrogens with zero attached hydrogens (tertiary/aromatic N) is 1. The molecule has 0 spiro atoms. The Bertz CT molecular complexity index is 380. The molecular weight excluding hydrogens is 238 g/mol. The van der Waals surface area contributed by atoms with Gasteiger partial charge >= 0.3 is 0 Å². The quantitative estimate of drug-likeness (QED) is 0.862. The number of halogens is 1. The zero-order valence-corrected chi connectivity index (χ0v) is 11.3. The molecule has 1 rings (SSSR count). The summed E-state index contributed by atoms with van der Waals surface area (Å²) in [6.45, 7) is 6.32. The van der Waals surface area contributed by atoms with Crippen LogP contribution in [0.15, 0.2) is 18.2 Å². The first-order valence-electron chi connectivity index (χ1n) is 5.41. The number of aryl methyl sites for hydroxylation is 1. The third-order valence-electron chi connectivity index (χ3n) is 2.34. The molecule has 17 heavy (non-hydrogen) atoms. The number of carbonyl (C=O) groups is 1. The van der Waals surface area contributed by atoms with Gasteiger partial charge in [0, 0.05) is 11.2 Å². The zero-order valence-electron chi connectivity index (χ0n) is 10.5. The van der Waals surface area contributed by atoms with Gasteiger partial charge < -0.3 is 11.1 Å². The van der Waals surface area contributed by atoms with Crippen LogP contribution in [-0.2, 0) is 0 Å². The van der Waals surface area contributed by atoms with Crippen LogP contribution in [0.5, 0.6) is 0 Å². The highest BCUT2D eigenvalue weighted by molar-refractivity contribution is 5.92. The number of nitrogens with two attached hydrogens (primary N) is 1. The van der Waals surface area contributed by atoms with Gasteiger partial charge in [-0.3, -0.25) is 4.79 Å². The molecule has 0 aromatic carbocycles. The fourth-order valence-corrected chi connectivity index (χ4v) is 1.46. The Labute approximate surface area is 108 Å². The summed E-state index contributed by atoms with van der Waals surface area (Å²) in [5.74, 6) is -0.151. The summed E-state index contributed by atoms with van der Waals surface area (Å²) in [5, 5.41) is 2.92. The zero-order chi connectivity index (χ0) is 12.2. The van der Waals surface area contributed by atoms with E-state index < -0.39 is 0 Å². The standard InChI is InChI=1S/C12H19N3O.ClH/c1-9-5-4-6-10(14-9)11(16)15-12(2,3)7-8-13;/h4-6H,7-8,13H2,1-3H3,(H,15,16);1H. The van der Waals surface area contributed by atoms with E-state index >= 15 is 0 Å². The normalized spacial score (nSPS) is 10.6. The van der Waals surface area contributed by atoms with Gasteiger partial charge in [0.15, 0.2) is 0 Å². The first kappa shape index (κ1) is 15.9. The van der Waals surface area contributed by atoms with Crippen molar-refractivity contribution in [2.75, 3.05) is 6.54 Å². The molecule has 96 valence electrons. The summed E-state index contributed by atoms with van der Waals surface area (Å²) in [5.41, 5.74) is 6.48. The van der Waals surface area contributed by atoms with E-state index in [1.165, 1.54) is 0 Å². The number of hydrogen-bond donors (Lipinski definition) is 2. The smallest absolute Gasteiger partial charge is 0.270 e. The number of nitrogens with one attached hydrogen (secondary N) is 1. The molecule has 1 aromatic heterocycles. The second-order valence-corrected chi connectivity index (χ2v) is 4.54. The Morgan fingerprint density at radius 1 is 1.47 bits per heavy atom. The number of rotatable bonds is 4. The Kier molecular flexibility index (Phi) is 6.13. The highest BCUT2D eigenvalue weighted by atomic mass is 35.5. The van der Waals surface area contributed by atoms with Crippen LogP contribution in [0, 0.1) is 6.92 Å². The Hall–Kier alpha value is -1.13. The molecule has 0 fully saturated rings. The molecule has 0 aliphatic carbocycles. The van der Waals surface area contributed by atoms with E-state index in [1.54, 1.807) is 6.07 Å². The van der Waals surface area contributed by atoms with Crippen molar-refractivity contribution in [3.05, 3.63) is 29.6 Å². The van der Waals surface area contributed by atoms with Gasteiger partial charge in [-0.25, -0.2) is 4.98 Å². The fraction of sp³-hybridized carbons (Fsp3) is 0.500. The molecule has 0 bridgehead atoms. The summed E-state index contributed by atoms with van der Waals surface area (Å²) in [6.07, 6.45) is 0.741. The van der Waals surface area contributed by atoms with Crippen LogP contribution in [0.25, 0.3) is 0 Å². The van der Waals surface area contributed by atoms with E-state index in [-0.39, 0.29) is 23.9 Å². The SMILES string of the molecule is Cc1cccc(C(=O)NC(C)(C)CCN)n1.Cl. The maximum atomic E-state index is 11.9. The van der Waals surface area contributed by atoms with Gasteiger partial charge in [0.2, 0.25) is 0 Å². The van der Waals surface area contributed by atoms with Gasteiger partial charge in [-0.05, 0) is 45.9 Å². The van der Waals surface area contributed by atoms with Crippen molar-refractivity contribution in [3.63, 3.8) is 0 Å². The largest absolute Gasteiger partial charge is 0.346 e. The highest BCUT2D eigenvalue weighted by Crippen LogP contribution is 2.08. The van der Waals surface area contributed by atoms with Crippen LogP contribution in [0.2, 0.25) is 0 Å². The first-order chi connectivity index (χ1) is 7.44. The predicted octanol–water partition coefficient (Wildman–Crippen LogP) is 1.67. The molecule has 0 aliphatic rings. The van der Waals surface area contributed by atoms with Gasteiger partial charge in [0.05, 0.1) is 0 Å². The molecular formula is C12H20ClN3O. The van der Waals surface area contributed by atoms with E-state index in [0.717, 1.165) is 12.1 Å². The lowest BCUT2D eigenvalue weighted by Gasteiger charge is -2.25. The van der Waals surface area contributed by atoms with Crippen LogP contribution in [0.1, 0.15) is 36.5 Å². The van der Waals surface area contributed by atoms with Crippen molar-refractivity contribution in [2.24, 2.45) is 5.73 Å². The topological polar surface area (TPSA) is 68.0 Å². The summed E-state index contributed by atoms with van der Waals surface area (Å²) in [7, 11) is 0. The lowest BCUT2D eigenvalue weighted by molar-refractivity contribution is 0.0905. The van der Waals surface area contributed by atoms with Gasteiger partial charge in [-0.1, -0.05) is 6.07 Å². The van der Waals surface area contributed by atoms with Crippen LogP contribution in [0.4, 0.5) is 0 Å². The molecule has 0 atom stereocenters. The molecule has 0 saturated carbocycles. The molecule has 0 saturated heterocycles.